The van der Waals surface area contributed by atoms with E-state index in [2.05, 4.69) is 32.9 Å². The summed E-state index contributed by atoms with van der Waals surface area (Å²) in [4.78, 5) is 0. The van der Waals surface area contributed by atoms with Crippen molar-refractivity contribution in [2.75, 3.05) is 0 Å². The Balaban J connectivity index is 5.00. The lowest BCUT2D eigenvalue weighted by Gasteiger charge is -2.30. The van der Waals surface area contributed by atoms with Crippen LogP contribution >= 0.6 is 0 Å². The Bertz CT molecular complexity index is 239. The summed E-state index contributed by atoms with van der Waals surface area (Å²) in [5.74, 6) is 0. The molecule has 0 aliphatic heterocycles. The third-order valence-electron chi connectivity index (χ3n) is 2.16. The third-order valence-corrected chi connectivity index (χ3v) is 8.87. The molecule has 0 bridgehead atoms. The summed E-state index contributed by atoms with van der Waals surface area (Å²) in [5.41, 5.74) is 9.12. The molecule has 0 N–H and O–H groups in total. The molecule has 0 amide bonds. The molecule has 0 aliphatic carbocycles. The van der Waals surface area contributed by atoms with Gasteiger partial charge in [0, 0.05) is 0 Å². The van der Waals surface area contributed by atoms with Crippen molar-refractivity contribution in [3.05, 3.63) is 61.4 Å². The maximum atomic E-state index is 6.06. The van der Waals surface area contributed by atoms with E-state index in [1.165, 1.54) is 0 Å². The molecule has 0 fully saturated rings. The van der Waals surface area contributed by atoms with Gasteiger partial charge in [0.1, 0.15) is 0 Å². The molecule has 0 saturated carbocycles. The molecule has 0 spiro atoms. The van der Waals surface area contributed by atoms with Crippen LogP contribution in [0.4, 0.5) is 0 Å². The summed E-state index contributed by atoms with van der Waals surface area (Å²) < 4.78 is 6.06. The highest BCUT2D eigenvalue weighted by Crippen LogP contribution is 2.18. The largest absolute Gasteiger partial charge is 0.440 e. The van der Waals surface area contributed by atoms with Crippen molar-refractivity contribution in [3.63, 3.8) is 0 Å². The van der Waals surface area contributed by atoms with Crippen molar-refractivity contribution >= 4 is 16.6 Å². The number of hydrogen-bond donors (Lipinski definition) is 0. The monoisotopic (exact) mass is 222 g/mol. The highest BCUT2D eigenvalue weighted by atomic mass is 28.4. The molecular weight excluding hydrogens is 204 g/mol. The first-order valence-electron chi connectivity index (χ1n) is 4.39. The van der Waals surface area contributed by atoms with Gasteiger partial charge in [0.15, 0.2) is 0 Å². The van der Waals surface area contributed by atoms with E-state index in [0.717, 1.165) is 0 Å². The van der Waals surface area contributed by atoms with Gasteiger partial charge in [-0.15, -0.1) is 32.9 Å². The zero-order valence-corrected chi connectivity index (χ0v) is 10.8. The van der Waals surface area contributed by atoms with Crippen LogP contribution in [0.3, 0.4) is 0 Å². The van der Waals surface area contributed by atoms with Gasteiger partial charge in [0.25, 0.3) is 8.32 Å². The zero-order valence-electron chi connectivity index (χ0n) is 8.83. The molecule has 14 heavy (non-hydrogen) atoms. The fraction of sp³-hybridized carbons (Fsp3) is 0.0909. The second kappa shape index (κ2) is 5.09. The Morgan fingerprint density at radius 1 is 0.786 bits per heavy atom. The Morgan fingerprint density at radius 3 is 1.36 bits per heavy atom. The first-order valence-corrected chi connectivity index (χ1v) is 9.10. The maximum absolute atomic E-state index is 6.06. The minimum absolute atomic E-state index is 1.81. The second-order valence-corrected chi connectivity index (χ2v) is 10.1. The standard InChI is InChI=1S/C11H18OSi2/c1-7-13(6,8-2)12-14(9-3,10-4)11-5/h7-11H,1-5H2,6H3. The van der Waals surface area contributed by atoms with Gasteiger partial charge in [-0.3, -0.25) is 0 Å². The predicted octanol–water partition coefficient (Wildman–Crippen LogP) is 3.15. The van der Waals surface area contributed by atoms with Crippen LogP contribution in [-0.4, -0.2) is 16.6 Å². The van der Waals surface area contributed by atoms with E-state index in [0.29, 0.717) is 0 Å². The maximum Gasteiger partial charge on any atom is 0.254 e. The summed E-state index contributed by atoms with van der Waals surface area (Å²) >= 11 is 0. The van der Waals surface area contributed by atoms with Crippen LogP contribution in [0.5, 0.6) is 0 Å². The van der Waals surface area contributed by atoms with E-state index in [1.807, 2.05) is 35.0 Å². The van der Waals surface area contributed by atoms with Crippen molar-refractivity contribution in [1.82, 2.24) is 0 Å². The van der Waals surface area contributed by atoms with E-state index in [1.54, 1.807) is 0 Å². The van der Waals surface area contributed by atoms with Gasteiger partial charge >= 0.3 is 0 Å². The lowest BCUT2D eigenvalue weighted by atomic mass is 11.2. The van der Waals surface area contributed by atoms with Crippen LogP contribution in [0, 0.1) is 0 Å². The van der Waals surface area contributed by atoms with E-state index >= 15 is 0 Å². The topological polar surface area (TPSA) is 9.23 Å². The van der Waals surface area contributed by atoms with Crippen LogP contribution in [0.2, 0.25) is 6.55 Å². The van der Waals surface area contributed by atoms with Crippen molar-refractivity contribution in [2.45, 2.75) is 6.55 Å². The summed E-state index contributed by atoms with van der Waals surface area (Å²) in [7, 11) is -4.20. The highest BCUT2D eigenvalue weighted by Gasteiger charge is 2.33. The first kappa shape index (κ1) is 13.1. The van der Waals surface area contributed by atoms with E-state index in [4.69, 9.17) is 4.12 Å². The van der Waals surface area contributed by atoms with Crippen LogP contribution in [0.25, 0.3) is 0 Å². The van der Waals surface area contributed by atoms with Crippen LogP contribution in [0.15, 0.2) is 61.4 Å². The predicted molar refractivity (Wildman–Crippen MR) is 69.4 cm³/mol. The molecule has 0 rings (SSSR count). The normalized spacial score (nSPS) is 11.5. The van der Waals surface area contributed by atoms with Crippen molar-refractivity contribution in [2.24, 2.45) is 0 Å². The lowest BCUT2D eigenvalue weighted by molar-refractivity contribution is 0.588. The Kier molecular flexibility index (Phi) is 4.76. The van der Waals surface area contributed by atoms with Gasteiger partial charge in [0.2, 0.25) is 8.32 Å². The molecule has 76 valence electrons. The van der Waals surface area contributed by atoms with E-state index < -0.39 is 16.6 Å². The fourth-order valence-electron chi connectivity index (χ4n) is 0.923. The molecule has 0 radical (unpaired) electrons. The first-order chi connectivity index (χ1) is 6.51. The molecule has 1 nitrogen and oxygen atoms in total. The molecule has 3 heteroatoms. The molecule has 0 heterocycles. The minimum Gasteiger partial charge on any atom is -0.440 e. The molecule has 0 aromatic heterocycles. The Hall–Kier alpha value is -0.906. The molecule has 0 aliphatic rings. The average Bonchev–Trinajstić information content (AvgIpc) is 2.26. The van der Waals surface area contributed by atoms with E-state index in [9.17, 15) is 0 Å². The quantitative estimate of drug-likeness (QED) is 0.601. The van der Waals surface area contributed by atoms with Crippen molar-refractivity contribution in [3.8, 4) is 0 Å². The summed E-state index contributed by atoms with van der Waals surface area (Å²) in [6, 6.07) is 0. The summed E-state index contributed by atoms with van der Waals surface area (Å²) in [6.45, 7) is 20.9. The molecule has 0 aromatic rings. The van der Waals surface area contributed by atoms with Gasteiger partial charge in [0.05, 0.1) is 0 Å². The summed E-state index contributed by atoms with van der Waals surface area (Å²) in [6.07, 6.45) is 0. The number of hydrogen-bond acceptors (Lipinski definition) is 1. The van der Waals surface area contributed by atoms with Gasteiger partial charge in [-0.05, 0) is 6.55 Å². The minimum atomic E-state index is -2.18. The Labute approximate surface area is 89.1 Å². The van der Waals surface area contributed by atoms with Crippen LogP contribution in [-0.2, 0) is 4.12 Å². The van der Waals surface area contributed by atoms with E-state index in [-0.39, 0.29) is 0 Å². The van der Waals surface area contributed by atoms with Gasteiger partial charge < -0.3 is 4.12 Å². The van der Waals surface area contributed by atoms with Gasteiger partial charge in [-0.2, -0.15) is 0 Å². The van der Waals surface area contributed by atoms with Crippen molar-refractivity contribution in [1.29, 1.82) is 0 Å². The smallest absolute Gasteiger partial charge is 0.254 e. The molecule has 0 atom stereocenters. The average molecular weight is 222 g/mol. The Morgan fingerprint density at radius 2 is 1.14 bits per heavy atom. The lowest BCUT2D eigenvalue weighted by Crippen LogP contribution is -2.45. The second-order valence-electron chi connectivity index (χ2n) is 3.16. The number of rotatable bonds is 7. The summed E-state index contributed by atoms with van der Waals surface area (Å²) in [5, 5.41) is 0. The zero-order chi connectivity index (χ0) is 11.2. The highest BCUT2D eigenvalue weighted by molar-refractivity contribution is 6.97. The van der Waals surface area contributed by atoms with Crippen LogP contribution in [0.1, 0.15) is 0 Å². The molecule has 0 unspecified atom stereocenters. The molecule has 0 saturated heterocycles. The molecule has 0 aromatic carbocycles. The van der Waals surface area contributed by atoms with Crippen LogP contribution < -0.4 is 0 Å². The fourth-order valence-corrected chi connectivity index (χ4v) is 6.30. The third kappa shape index (κ3) is 2.80. The van der Waals surface area contributed by atoms with Gasteiger partial charge in [-0.25, -0.2) is 0 Å². The van der Waals surface area contributed by atoms with Gasteiger partial charge in [-0.1, -0.05) is 28.5 Å². The van der Waals surface area contributed by atoms with Crippen molar-refractivity contribution < 1.29 is 4.12 Å². The SMILES string of the molecule is C=C[Si](C)(C=C)O[Si](C=C)(C=C)C=C. The molecular formula is C11H18OSi2.